The van der Waals surface area contributed by atoms with Gasteiger partial charge in [0.2, 0.25) is 0 Å². The average Bonchev–Trinajstić information content (AvgIpc) is 2.90. The number of pyridine rings is 1. The molecule has 96 valence electrons. The SMILES string of the molecule is OC(Cc1nccs1)c1nc2ccccc2cc1Br. The van der Waals surface area contributed by atoms with Crippen molar-refractivity contribution in [1.29, 1.82) is 0 Å². The van der Waals surface area contributed by atoms with E-state index in [1.165, 1.54) is 0 Å². The highest BCUT2D eigenvalue weighted by Gasteiger charge is 2.16. The molecule has 0 aliphatic rings. The number of aliphatic hydroxyl groups excluding tert-OH is 1. The first-order valence-corrected chi connectivity index (χ1v) is 7.53. The van der Waals surface area contributed by atoms with Gasteiger partial charge >= 0.3 is 0 Å². The minimum atomic E-state index is -0.648. The molecule has 1 aromatic carbocycles. The summed E-state index contributed by atoms with van der Waals surface area (Å²) in [4.78, 5) is 8.72. The summed E-state index contributed by atoms with van der Waals surface area (Å²) in [6.45, 7) is 0. The van der Waals surface area contributed by atoms with Crippen molar-refractivity contribution in [2.75, 3.05) is 0 Å². The van der Waals surface area contributed by atoms with Crippen molar-refractivity contribution in [3.05, 3.63) is 57.1 Å². The highest BCUT2D eigenvalue weighted by atomic mass is 79.9. The lowest BCUT2D eigenvalue weighted by atomic mass is 10.1. The molecule has 0 saturated carbocycles. The smallest absolute Gasteiger partial charge is 0.103 e. The van der Waals surface area contributed by atoms with E-state index in [4.69, 9.17) is 0 Å². The molecule has 0 bridgehead atoms. The van der Waals surface area contributed by atoms with Crippen LogP contribution in [0.1, 0.15) is 16.8 Å². The van der Waals surface area contributed by atoms with E-state index in [1.807, 2.05) is 35.7 Å². The molecule has 0 fully saturated rings. The van der Waals surface area contributed by atoms with Crippen molar-refractivity contribution in [2.24, 2.45) is 0 Å². The number of nitrogens with zero attached hydrogens (tertiary/aromatic N) is 2. The third-order valence-corrected chi connectivity index (χ3v) is 4.31. The molecule has 0 radical (unpaired) electrons. The molecule has 3 rings (SSSR count). The van der Waals surface area contributed by atoms with Crippen LogP contribution in [0.3, 0.4) is 0 Å². The Hall–Kier alpha value is -1.30. The fraction of sp³-hybridized carbons (Fsp3) is 0.143. The van der Waals surface area contributed by atoms with Crippen molar-refractivity contribution in [3.8, 4) is 0 Å². The average molecular weight is 335 g/mol. The molecule has 2 heterocycles. The standard InChI is InChI=1S/C14H11BrN2OS/c15-10-7-9-3-1-2-4-11(9)17-14(10)12(18)8-13-16-5-6-19-13/h1-7,12,18H,8H2. The van der Waals surface area contributed by atoms with Gasteiger partial charge in [0.25, 0.3) is 0 Å². The van der Waals surface area contributed by atoms with Crippen LogP contribution in [0.15, 0.2) is 46.4 Å². The molecule has 1 unspecified atom stereocenters. The number of hydrogen-bond donors (Lipinski definition) is 1. The quantitative estimate of drug-likeness (QED) is 0.793. The van der Waals surface area contributed by atoms with Gasteiger partial charge < -0.3 is 5.11 Å². The number of aliphatic hydroxyl groups is 1. The number of fused-ring (bicyclic) bond motifs is 1. The third-order valence-electron chi connectivity index (χ3n) is 2.87. The van der Waals surface area contributed by atoms with Gasteiger partial charge in [0, 0.05) is 27.9 Å². The molecule has 3 aromatic rings. The lowest BCUT2D eigenvalue weighted by molar-refractivity contribution is 0.173. The van der Waals surface area contributed by atoms with Crippen molar-refractivity contribution in [3.63, 3.8) is 0 Å². The molecule has 0 amide bonds. The van der Waals surface area contributed by atoms with Gasteiger partial charge in [-0.1, -0.05) is 18.2 Å². The number of rotatable bonds is 3. The van der Waals surface area contributed by atoms with Gasteiger partial charge in [-0.25, -0.2) is 9.97 Å². The topological polar surface area (TPSA) is 46.0 Å². The Morgan fingerprint density at radius 1 is 1.32 bits per heavy atom. The van der Waals surface area contributed by atoms with Crippen molar-refractivity contribution >= 4 is 38.2 Å². The van der Waals surface area contributed by atoms with Gasteiger partial charge in [-0.05, 0) is 28.1 Å². The lowest BCUT2D eigenvalue weighted by Crippen LogP contribution is -2.05. The van der Waals surface area contributed by atoms with Crippen LogP contribution in [-0.2, 0) is 6.42 Å². The number of aromatic nitrogens is 2. The van der Waals surface area contributed by atoms with Crippen LogP contribution in [-0.4, -0.2) is 15.1 Å². The van der Waals surface area contributed by atoms with Crippen molar-refractivity contribution in [1.82, 2.24) is 9.97 Å². The summed E-state index contributed by atoms with van der Waals surface area (Å²) in [5, 5.41) is 14.2. The predicted octanol–water partition coefficient (Wildman–Crippen LogP) is 3.73. The van der Waals surface area contributed by atoms with E-state index < -0.39 is 6.10 Å². The Balaban J connectivity index is 1.97. The van der Waals surface area contributed by atoms with Crippen LogP contribution < -0.4 is 0 Å². The van der Waals surface area contributed by atoms with Gasteiger partial charge in [0.15, 0.2) is 0 Å². The van der Waals surface area contributed by atoms with E-state index in [2.05, 4.69) is 25.9 Å². The molecule has 0 aliphatic carbocycles. The van der Waals surface area contributed by atoms with Gasteiger partial charge in [-0.2, -0.15) is 0 Å². The van der Waals surface area contributed by atoms with Crippen LogP contribution in [0.25, 0.3) is 10.9 Å². The Labute approximate surface area is 123 Å². The molecule has 1 atom stereocenters. The monoisotopic (exact) mass is 334 g/mol. The molecule has 2 aromatic heterocycles. The number of para-hydroxylation sites is 1. The van der Waals surface area contributed by atoms with Gasteiger partial charge in [-0.3, -0.25) is 0 Å². The molecular formula is C14H11BrN2OS. The largest absolute Gasteiger partial charge is 0.386 e. The van der Waals surface area contributed by atoms with Crippen molar-refractivity contribution in [2.45, 2.75) is 12.5 Å². The van der Waals surface area contributed by atoms with Gasteiger partial charge in [-0.15, -0.1) is 11.3 Å². The zero-order chi connectivity index (χ0) is 13.2. The first kappa shape index (κ1) is 12.7. The first-order valence-electron chi connectivity index (χ1n) is 5.85. The van der Waals surface area contributed by atoms with Crippen LogP contribution >= 0.6 is 27.3 Å². The molecule has 5 heteroatoms. The van der Waals surface area contributed by atoms with E-state index in [0.717, 1.165) is 20.4 Å². The fourth-order valence-electron chi connectivity index (χ4n) is 1.95. The van der Waals surface area contributed by atoms with Crippen molar-refractivity contribution < 1.29 is 5.11 Å². The maximum absolute atomic E-state index is 10.3. The predicted molar refractivity (Wildman–Crippen MR) is 80.2 cm³/mol. The minimum Gasteiger partial charge on any atom is -0.386 e. The summed E-state index contributed by atoms with van der Waals surface area (Å²) in [5.74, 6) is 0. The molecule has 1 N–H and O–H groups in total. The molecule has 0 saturated heterocycles. The summed E-state index contributed by atoms with van der Waals surface area (Å²) in [6, 6.07) is 9.86. The summed E-state index contributed by atoms with van der Waals surface area (Å²) in [6.07, 6.45) is 1.59. The summed E-state index contributed by atoms with van der Waals surface area (Å²) in [7, 11) is 0. The Bertz CT molecular complexity index is 700. The van der Waals surface area contributed by atoms with Gasteiger partial charge in [0.05, 0.1) is 16.2 Å². The number of halogens is 1. The summed E-state index contributed by atoms with van der Waals surface area (Å²) < 4.78 is 0.829. The molecule has 0 aliphatic heterocycles. The van der Waals surface area contributed by atoms with Gasteiger partial charge in [0.1, 0.15) is 6.10 Å². The fourth-order valence-corrected chi connectivity index (χ4v) is 3.21. The maximum atomic E-state index is 10.3. The highest BCUT2D eigenvalue weighted by molar-refractivity contribution is 9.10. The molecule has 19 heavy (non-hydrogen) atoms. The second-order valence-corrected chi connectivity index (χ2v) is 6.03. The highest BCUT2D eigenvalue weighted by Crippen LogP contribution is 2.28. The molecular weight excluding hydrogens is 324 g/mol. The van der Waals surface area contributed by atoms with E-state index in [9.17, 15) is 5.11 Å². The van der Waals surface area contributed by atoms with Crippen LogP contribution in [0.5, 0.6) is 0 Å². The van der Waals surface area contributed by atoms with E-state index in [0.29, 0.717) is 12.1 Å². The minimum absolute atomic E-state index is 0.488. The Morgan fingerprint density at radius 2 is 2.16 bits per heavy atom. The molecule has 0 spiro atoms. The third kappa shape index (κ3) is 2.68. The first-order chi connectivity index (χ1) is 9.24. The van der Waals surface area contributed by atoms with Crippen LogP contribution in [0.2, 0.25) is 0 Å². The maximum Gasteiger partial charge on any atom is 0.103 e. The normalized spacial score (nSPS) is 12.7. The number of benzene rings is 1. The number of hydrogen-bond acceptors (Lipinski definition) is 4. The van der Waals surface area contributed by atoms with E-state index in [1.54, 1.807) is 17.5 Å². The van der Waals surface area contributed by atoms with Crippen LogP contribution in [0, 0.1) is 0 Å². The number of thiazole rings is 1. The summed E-state index contributed by atoms with van der Waals surface area (Å²) in [5.41, 5.74) is 1.55. The van der Waals surface area contributed by atoms with E-state index >= 15 is 0 Å². The van der Waals surface area contributed by atoms with Crippen LogP contribution in [0.4, 0.5) is 0 Å². The van der Waals surface area contributed by atoms with E-state index in [-0.39, 0.29) is 0 Å². The lowest BCUT2D eigenvalue weighted by Gasteiger charge is -2.11. The second kappa shape index (κ2) is 5.36. The zero-order valence-electron chi connectivity index (χ0n) is 9.95. The molecule has 3 nitrogen and oxygen atoms in total. The Kier molecular flexibility index (Phi) is 3.59. The Morgan fingerprint density at radius 3 is 2.95 bits per heavy atom. The summed E-state index contributed by atoms with van der Waals surface area (Å²) >= 11 is 5.02. The zero-order valence-corrected chi connectivity index (χ0v) is 12.4. The second-order valence-electron chi connectivity index (χ2n) is 4.19.